The molecule has 0 unspecified atom stereocenters. The van der Waals surface area contributed by atoms with Gasteiger partial charge in [0.25, 0.3) is 5.91 Å². The van der Waals surface area contributed by atoms with E-state index >= 15 is 0 Å². The lowest BCUT2D eigenvalue weighted by molar-refractivity contribution is -0.402. The molecule has 8 heteroatoms. The first-order valence-electron chi connectivity index (χ1n) is 5.17. The third-order valence-corrected chi connectivity index (χ3v) is 1.98. The molecule has 1 aromatic heterocycles. The summed E-state index contributed by atoms with van der Waals surface area (Å²) in [6.07, 6.45) is 0. The van der Waals surface area contributed by atoms with Crippen LogP contribution >= 0.6 is 0 Å². The third-order valence-electron chi connectivity index (χ3n) is 1.98. The molecule has 0 saturated carbocycles. The molecule has 98 valence electrons. The molecule has 1 aromatic rings. The Labute approximate surface area is 102 Å². The number of nitrogens with one attached hydrogen (secondary N) is 1. The van der Waals surface area contributed by atoms with Crippen molar-refractivity contribution in [3.05, 3.63) is 28.0 Å². The first-order valence-corrected chi connectivity index (χ1v) is 5.17. The molecule has 0 aromatic carbocycles. The fourth-order valence-electron chi connectivity index (χ4n) is 1.14. The Morgan fingerprint density at radius 1 is 1.56 bits per heavy atom. The first-order chi connectivity index (χ1) is 8.45. The van der Waals surface area contributed by atoms with Gasteiger partial charge in [-0.05, 0) is 19.9 Å². The molecule has 8 nitrogen and oxygen atoms in total. The van der Waals surface area contributed by atoms with Crippen molar-refractivity contribution < 1.29 is 23.7 Å². The minimum atomic E-state index is -0.860. The van der Waals surface area contributed by atoms with Gasteiger partial charge < -0.3 is 14.5 Å². The number of ether oxygens (including phenoxy) is 1. The van der Waals surface area contributed by atoms with Crippen molar-refractivity contribution in [3.8, 4) is 0 Å². The van der Waals surface area contributed by atoms with E-state index in [1.54, 1.807) is 6.92 Å². The fourth-order valence-corrected chi connectivity index (χ4v) is 1.14. The molecule has 0 saturated heterocycles. The van der Waals surface area contributed by atoms with Gasteiger partial charge in [-0.2, -0.15) is 0 Å². The number of nitro groups is 1. The standard InChI is InChI=1S/C10H12N2O6/c1-3-17-10(14)6(2)11-9(13)7-4-5-8(18-7)12(15)16/h4-6H,3H2,1-2H3,(H,11,13)/t6-/m0/s1. The van der Waals surface area contributed by atoms with Gasteiger partial charge in [0.05, 0.1) is 12.7 Å². The number of esters is 1. The second-order valence-corrected chi connectivity index (χ2v) is 3.34. The molecule has 1 atom stereocenters. The van der Waals surface area contributed by atoms with Crippen LogP contribution in [0.2, 0.25) is 0 Å². The summed E-state index contributed by atoms with van der Waals surface area (Å²) in [4.78, 5) is 32.4. The Morgan fingerprint density at radius 2 is 2.22 bits per heavy atom. The summed E-state index contributed by atoms with van der Waals surface area (Å²) in [5.74, 6) is -2.09. The Kier molecular flexibility index (Phi) is 4.41. The molecule has 0 aliphatic carbocycles. The smallest absolute Gasteiger partial charge is 0.433 e. The number of hydrogen-bond donors (Lipinski definition) is 1. The average molecular weight is 256 g/mol. The predicted molar refractivity (Wildman–Crippen MR) is 58.9 cm³/mol. The summed E-state index contributed by atoms with van der Waals surface area (Å²) >= 11 is 0. The summed E-state index contributed by atoms with van der Waals surface area (Å²) in [5.41, 5.74) is 0. The molecule has 0 fully saturated rings. The topological polar surface area (TPSA) is 112 Å². The van der Waals surface area contributed by atoms with Crippen LogP contribution in [0, 0.1) is 10.1 Å². The SMILES string of the molecule is CCOC(=O)[C@H](C)NC(=O)c1ccc([N+](=O)[O-])o1. The lowest BCUT2D eigenvalue weighted by atomic mass is 10.3. The Bertz CT molecular complexity index is 467. The first kappa shape index (κ1) is 13.7. The monoisotopic (exact) mass is 256 g/mol. The van der Waals surface area contributed by atoms with Crippen LogP contribution in [-0.2, 0) is 9.53 Å². The van der Waals surface area contributed by atoms with E-state index in [1.165, 1.54) is 6.92 Å². The van der Waals surface area contributed by atoms with Gasteiger partial charge in [-0.15, -0.1) is 0 Å². The number of hydrogen-bond acceptors (Lipinski definition) is 6. The van der Waals surface area contributed by atoms with Crippen molar-refractivity contribution in [2.75, 3.05) is 6.61 Å². The van der Waals surface area contributed by atoms with E-state index in [4.69, 9.17) is 4.74 Å². The quantitative estimate of drug-likeness (QED) is 0.475. The zero-order valence-corrected chi connectivity index (χ0v) is 9.84. The maximum atomic E-state index is 11.6. The van der Waals surface area contributed by atoms with Crippen LogP contribution in [0.3, 0.4) is 0 Å². The number of carbonyl (C=O) groups excluding carboxylic acids is 2. The molecular formula is C10H12N2O6. The molecule has 0 bridgehead atoms. The molecule has 0 spiro atoms. The highest BCUT2D eigenvalue weighted by Gasteiger charge is 2.21. The molecule has 1 heterocycles. The van der Waals surface area contributed by atoms with Crippen molar-refractivity contribution in [2.45, 2.75) is 19.9 Å². The largest absolute Gasteiger partial charge is 0.464 e. The van der Waals surface area contributed by atoms with Gasteiger partial charge in [0, 0.05) is 0 Å². The predicted octanol–water partition coefficient (Wildman–Crippen LogP) is 0.869. The van der Waals surface area contributed by atoms with Crippen LogP contribution in [0.4, 0.5) is 5.88 Å². The number of carbonyl (C=O) groups is 2. The van der Waals surface area contributed by atoms with E-state index in [9.17, 15) is 19.7 Å². The minimum absolute atomic E-state index is 0.200. The Hall–Kier alpha value is -2.38. The van der Waals surface area contributed by atoms with Gasteiger partial charge in [0.2, 0.25) is 0 Å². The second-order valence-electron chi connectivity index (χ2n) is 3.34. The van der Waals surface area contributed by atoms with Crippen molar-refractivity contribution in [2.24, 2.45) is 0 Å². The molecule has 18 heavy (non-hydrogen) atoms. The van der Waals surface area contributed by atoms with Crippen molar-refractivity contribution in [3.63, 3.8) is 0 Å². The van der Waals surface area contributed by atoms with Crippen LogP contribution in [-0.4, -0.2) is 29.4 Å². The minimum Gasteiger partial charge on any atom is -0.464 e. The van der Waals surface area contributed by atoms with Gasteiger partial charge in [-0.1, -0.05) is 0 Å². The highest BCUT2D eigenvalue weighted by atomic mass is 16.6. The Morgan fingerprint density at radius 3 is 2.72 bits per heavy atom. The molecule has 1 amide bonds. The van der Waals surface area contributed by atoms with E-state index in [0.29, 0.717) is 0 Å². The van der Waals surface area contributed by atoms with Crippen LogP contribution in [0.5, 0.6) is 0 Å². The number of amides is 1. The highest BCUT2D eigenvalue weighted by Crippen LogP contribution is 2.15. The zero-order chi connectivity index (χ0) is 13.7. The Balaban J connectivity index is 2.64. The van der Waals surface area contributed by atoms with Gasteiger partial charge in [-0.25, -0.2) is 4.79 Å². The van der Waals surface area contributed by atoms with Crippen molar-refractivity contribution in [1.82, 2.24) is 5.32 Å². The maximum absolute atomic E-state index is 11.6. The van der Waals surface area contributed by atoms with E-state index in [0.717, 1.165) is 12.1 Å². The van der Waals surface area contributed by atoms with Crippen LogP contribution < -0.4 is 5.32 Å². The maximum Gasteiger partial charge on any atom is 0.433 e. The van der Waals surface area contributed by atoms with Gasteiger partial charge in [0.1, 0.15) is 11.0 Å². The molecule has 1 rings (SSSR count). The summed E-state index contributed by atoms with van der Waals surface area (Å²) < 4.78 is 9.38. The summed E-state index contributed by atoms with van der Waals surface area (Å²) in [6.45, 7) is 3.28. The van der Waals surface area contributed by atoms with E-state index in [1.807, 2.05) is 0 Å². The second kappa shape index (κ2) is 5.80. The normalized spacial score (nSPS) is 11.7. The van der Waals surface area contributed by atoms with E-state index in [-0.39, 0.29) is 12.4 Å². The van der Waals surface area contributed by atoms with Gasteiger partial charge >= 0.3 is 11.9 Å². The summed E-state index contributed by atoms with van der Waals surface area (Å²) in [7, 11) is 0. The summed E-state index contributed by atoms with van der Waals surface area (Å²) in [6, 6.07) is 1.36. The van der Waals surface area contributed by atoms with Crippen molar-refractivity contribution >= 4 is 17.8 Å². The zero-order valence-electron chi connectivity index (χ0n) is 9.84. The lowest BCUT2D eigenvalue weighted by Gasteiger charge is -2.10. The third kappa shape index (κ3) is 3.30. The molecular weight excluding hydrogens is 244 g/mol. The highest BCUT2D eigenvalue weighted by molar-refractivity contribution is 5.94. The molecule has 0 radical (unpaired) electrons. The number of furan rings is 1. The molecule has 0 aliphatic rings. The van der Waals surface area contributed by atoms with Crippen LogP contribution in [0.25, 0.3) is 0 Å². The van der Waals surface area contributed by atoms with Crippen molar-refractivity contribution in [1.29, 1.82) is 0 Å². The number of rotatable bonds is 5. The van der Waals surface area contributed by atoms with Gasteiger partial charge in [-0.3, -0.25) is 14.9 Å². The van der Waals surface area contributed by atoms with Gasteiger partial charge in [0.15, 0.2) is 5.76 Å². The molecule has 0 aliphatic heterocycles. The molecule has 1 N–H and O–H groups in total. The average Bonchev–Trinajstić information content (AvgIpc) is 2.78. The van der Waals surface area contributed by atoms with Crippen LogP contribution in [0.1, 0.15) is 24.4 Å². The van der Waals surface area contributed by atoms with E-state index < -0.39 is 28.7 Å². The van der Waals surface area contributed by atoms with E-state index in [2.05, 4.69) is 9.73 Å². The fraction of sp³-hybridized carbons (Fsp3) is 0.400. The van der Waals surface area contributed by atoms with Crippen LogP contribution in [0.15, 0.2) is 16.5 Å². The number of nitrogens with zero attached hydrogens (tertiary/aromatic N) is 1. The lowest BCUT2D eigenvalue weighted by Crippen LogP contribution is -2.39. The summed E-state index contributed by atoms with van der Waals surface area (Å²) in [5, 5.41) is 12.7.